The van der Waals surface area contributed by atoms with E-state index in [0.717, 1.165) is 15.4 Å². The Morgan fingerprint density at radius 1 is 0.944 bits per heavy atom. The molecule has 0 heterocycles. The Balaban J connectivity index is 2.05. The van der Waals surface area contributed by atoms with E-state index in [2.05, 4.69) is 5.32 Å². The largest absolute Gasteiger partial charge is 0.495 e. The molecule has 1 unspecified atom stereocenters. The number of methoxy groups -OCH3 is 1. The third-order valence-corrected chi connectivity index (χ3v) is 7.63. The highest BCUT2D eigenvalue weighted by molar-refractivity contribution is 7.92. The zero-order chi connectivity index (χ0) is 26.3. The fourth-order valence-electron chi connectivity index (χ4n) is 3.75. The quantitative estimate of drug-likeness (QED) is 0.452. The lowest BCUT2D eigenvalue weighted by Crippen LogP contribution is -2.50. The lowest BCUT2D eigenvalue weighted by molar-refractivity contribution is -0.139. The number of anilines is 1. The number of ether oxygens (including phenoxy) is 1. The zero-order valence-corrected chi connectivity index (χ0v) is 21.7. The molecular weight excluding hydrogens is 478 g/mol. The van der Waals surface area contributed by atoms with Gasteiger partial charge in [0, 0.05) is 13.6 Å². The van der Waals surface area contributed by atoms with Gasteiger partial charge in [0.1, 0.15) is 18.3 Å². The van der Waals surface area contributed by atoms with Crippen molar-refractivity contribution in [3.63, 3.8) is 0 Å². The second kappa shape index (κ2) is 11.7. The summed E-state index contributed by atoms with van der Waals surface area (Å²) in [5.41, 5.74) is 2.10. The smallest absolute Gasteiger partial charge is 0.264 e. The van der Waals surface area contributed by atoms with Crippen LogP contribution in [0, 0.1) is 6.92 Å². The number of sulfonamides is 1. The monoisotopic (exact) mass is 509 g/mol. The fraction of sp³-hybridized carbons (Fsp3) is 0.259. The van der Waals surface area contributed by atoms with Crippen molar-refractivity contribution in [3.8, 4) is 5.75 Å². The van der Waals surface area contributed by atoms with E-state index in [1.807, 2.05) is 31.2 Å². The maximum absolute atomic E-state index is 13.7. The molecule has 0 bridgehead atoms. The van der Waals surface area contributed by atoms with Crippen molar-refractivity contribution < 1.29 is 22.7 Å². The number of para-hydroxylation sites is 2. The average molecular weight is 510 g/mol. The topological polar surface area (TPSA) is 96.0 Å². The summed E-state index contributed by atoms with van der Waals surface area (Å²) in [6.45, 7) is 3.19. The van der Waals surface area contributed by atoms with Crippen LogP contribution in [0.2, 0.25) is 0 Å². The van der Waals surface area contributed by atoms with Crippen LogP contribution in [-0.2, 0) is 26.2 Å². The number of rotatable bonds is 10. The van der Waals surface area contributed by atoms with Crippen LogP contribution in [0.3, 0.4) is 0 Å². The lowest BCUT2D eigenvalue weighted by Gasteiger charge is -2.32. The van der Waals surface area contributed by atoms with E-state index in [-0.39, 0.29) is 23.0 Å². The van der Waals surface area contributed by atoms with E-state index < -0.39 is 28.5 Å². The summed E-state index contributed by atoms with van der Waals surface area (Å²) >= 11 is 0. The normalized spacial score (nSPS) is 11.9. The summed E-state index contributed by atoms with van der Waals surface area (Å²) in [5, 5.41) is 2.57. The maximum atomic E-state index is 13.7. The van der Waals surface area contributed by atoms with E-state index in [1.54, 1.807) is 49.4 Å². The van der Waals surface area contributed by atoms with E-state index in [1.165, 1.54) is 31.2 Å². The molecule has 1 N–H and O–H groups in total. The Labute approximate surface area is 212 Å². The molecular formula is C27H31N3O5S. The first-order valence-corrected chi connectivity index (χ1v) is 12.9. The Bertz CT molecular complexity index is 1290. The molecule has 9 heteroatoms. The highest BCUT2D eigenvalue weighted by atomic mass is 32.2. The van der Waals surface area contributed by atoms with Crippen LogP contribution < -0.4 is 14.4 Å². The number of amides is 2. The van der Waals surface area contributed by atoms with Gasteiger partial charge in [-0.25, -0.2) is 8.42 Å². The number of hydrogen-bond donors (Lipinski definition) is 1. The second-order valence-corrected chi connectivity index (χ2v) is 10.2. The van der Waals surface area contributed by atoms with E-state index in [4.69, 9.17) is 4.74 Å². The predicted molar refractivity (Wildman–Crippen MR) is 139 cm³/mol. The molecule has 1 atom stereocenters. The average Bonchev–Trinajstić information content (AvgIpc) is 2.90. The first kappa shape index (κ1) is 26.7. The molecule has 190 valence electrons. The molecule has 36 heavy (non-hydrogen) atoms. The molecule has 0 fully saturated rings. The Kier molecular flexibility index (Phi) is 8.71. The minimum atomic E-state index is -4.14. The highest BCUT2D eigenvalue weighted by Gasteiger charge is 2.33. The van der Waals surface area contributed by atoms with Crippen LogP contribution in [-0.4, -0.2) is 51.9 Å². The first-order valence-electron chi connectivity index (χ1n) is 11.5. The maximum Gasteiger partial charge on any atom is 0.264 e. The van der Waals surface area contributed by atoms with Gasteiger partial charge in [0.2, 0.25) is 11.8 Å². The summed E-state index contributed by atoms with van der Waals surface area (Å²) in [6.07, 6.45) is 0. The van der Waals surface area contributed by atoms with E-state index in [9.17, 15) is 18.0 Å². The number of benzene rings is 3. The van der Waals surface area contributed by atoms with Gasteiger partial charge in [-0.1, -0.05) is 60.2 Å². The predicted octanol–water partition coefficient (Wildman–Crippen LogP) is 3.36. The summed E-state index contributed by atoms with van der Waals surface area (Å²) in [4.78, 5) is 27.7. The van der Waals surface area contributed by atoms with E-state index in [0.29, 0.717) is 5.75 Å². The van der Waals surface area contributed by atoms with Crippen LogP contribution in [0.25, 0.3) is 0 Å². The van der Waals surface area contributed by atoms with Crippen molar-refractivity contribution in [3.05, 3.63) is 90.0 Å². The van der Waals surface area contributed by atoms with E-state index >= 15 is 0 Å². The van der Waals surface area contributed by atoms with Gasteiger partial charge < -0.3 is 15.0 Å². The molecule has 0 aliphatic carbocycles. The van der Waals surface area contributed by atoms with Crippen molar-refractivity contribution in [2.45, 2.75) is 31.3 Å². The van der Waals surface area contributed by atoms with Crippen molar-refractivity contribution in [2.24, 2.45) is 0 Å². The number of hydrogen-bond acceptors (Lipinski definition) is 5. The van der Waals surface area contributed by atoms with Gasteiger partial charge in [-0.15, -0.1) is 0 Å². The van der Waals surface area contributed by atoms with Gasteiger partial charge in [-0.3, -0.25) is 13.9 Å². The number of likely N-dealkylation sites (N-methyl/N-ethyl adjacent to an activating group) is 1. The molecule has 2 amide bonds. The molecule has 0 radical (unpaired) electrons. The van der Waals surface area contributed by atoms with Crippen molar-refractivity contribution >= 4 is 27.5 Å². The number of carbonyl (C=O) groups excluding carboxylic acids is 2. The van der Waals surface area contributed by atoms with Crippen molar-refractivity contribution in [1.29, 1.82) is 0 Å². The summed E-state index contributed by atoms with van der Waals surface area (Å²) in [6, 6.07) is 21.3. The first-order chi connectivity index (χ1) is 17.2. The molecule has 3 aromatic carbocycles. The van der Waals surface area contributed by atoms with Crippen LogP contribution in [0.15, 0.2) is 83.8 Å². The minimum Gasteiger partial charge on any atom is -0.495 e. The molecule has 0 aliphatic rings. The van der Waals surface area contributed by atoms with Crippen molar-refractivity contribution in [2.75, 3.05) is 25.0 Å². The van der Waals surface area contributed by atoms with Gasteiger partial charge in [-0.05, 0) is 43.7 Å². The number of nitrogens with zero attached hydrogens (tertiary/aromatic N) is 2. The second-order valence-electron chi connectivity index (χ2n) is 8.29. The Morgan fingerprint density at radius 3 is 2.17 bits per heavy atom. The summed E-state index contributed by atoms with van der Waals surface area (Å²) in [7, 11) is -1.21. The zero-order valence-electron chi connectivity index (χ0n) is 20.8. The Hall–Kier alpha value is -3.85. The number of carbonyl (C=O) groups is 2. The Morgan fingerprint density at radius 2 is 1.56 bits per heavy atom. The molecule has 3 rings (SSSR count). The molecule has 8 nitrogen and oxygen atoms in total. The third-order valence-electron chi connectivity index (χ3n) is 5.85. The van der Waals surface area contributed by atoms with Gasteiger partial charge in [0.25, 0.3) is 10.0 Å². The van der Waals surface area contributed by atoms with Crippen LogP contribution >= 0.6 is 0 Å². The van der Waals surface area contributed by atoms with Crippen LogP contribution in [0.4, 0.5) is 5.69 Å². The van der Waals surface area contributed by atoms with Crippen LogP contribution in [0.1, 0.15) is 18.1 Å². The molecule has 0 aliphatic heterocycles. The highest BCUT2D eigenvalue weighted by Crippen LogP contribution is 2.32. The molecule has 0 spiro atoms. The number of aryl methyl sites for hydroxylation is 1. The summed E-state index contributed by atoms with van der Waals surface area (Å²) in [5.74, 6) is -0.587. The SMILES string of the molecule is CNC(=O)C(C)N(Cc1ccc(C)cc1)C(=O)CN(c1ccccc1OC)S(=O)(=O)c1ccccc1. The van der Waals surface area contributed by atoms with Gasteiger partial charge in [0.05, 0.1) is 17.7 Å². The fourth-order valence-corrected chi connectivity index (χ4v) is 5.20. The number of nitrogens with one attached hydrogen (secondary N) is 1. The lowest BCUT2D eigenvalue weighted by atomic mass is 10.1. The molecule has 0 saturated heterocycles. The van der Waals surface area contributed by atoms with Gasteiger partial charge in [0.15, 0.2) is 0 Å². The van der Waals surface area contributed by atoms with Gasteiger partial charge >= 0.3 is 0 Å². The van der Waals surface area contributed by atoms with Gasteiger partial charge in [-0.2, -0.15) is 0 Å². The molecule has 3 aromatic rings. The minimum absolute atomic E-state index is 0.0353. The molecule has 0 saturated carbocycles. The van der Waals surface area contributed by atoms with Crippen LogP contribution in [0.5, 0.6) is 5.75 Å². The molecule has 0 aromatic heterocycles. The standard InChI is InChI=1S/C27H31N3O5S/c1-20-14-16-22(17-15-20)18-29(21(2)27(32)28-3)26(31)19-30(24-12-8-9-13-25(24)35-4)36(33,34)23-10-6-5-7-11-23/h5-17,21H,18-19H2,1-4H3,(H,28,32). The third kappa shape index (κ3) is 6.04. The van der Waals surface area contributed by atoms with Crippen molar-refractivity contribution in [1.82, 2.24) is 10.2 Å². The summed E-state index contributed by atoms with van der Waals surface area (Å²) < 4.78 is 33.9.